The van der Waals surface area contributed by atoms with Crippen molar-refractivity contribution in [3.63, 3.8) is 0 Å². The smallest absolute Gasteiger partial charge is 0.382 e. The van der Waals surface area contributed by atoms with Crippen molar-refractivity contribution in [1.29, 1.82) is 0 Å². The van der Waals surface area contributed by atoms with E-state index in [2.05, 4.69) is 17.6 Å². The van der Waals surface area contributed by atoms with E-state index in [9.17, 15) is 18.0 Å². The van der Waals surface area contributed by atoms with Crippen LogP contribution in [0.15, 0.2) is 85.7 Å². The minimum atomic E-state index is -4.49. The highest BCUT2D eigenvalue weighted by atomic mass is 19.4. The molecule has 0 radical (unpaired) electrons. The van der Waals surface area contributed by atoms with Gasteiger partial charge in [0.15, 0.2) is 0 Å². The van der Waals surface area contributed by atoms with Crippen LogP contribution in [0.5, 0.6) is 0 Å². The molecule has 4 heterocycles. The van der Waals surface area contributed by atoms with E-state index in [4.69, 9.17) is 15.5 Å². The second-order valence-electron chi connectivity index (χ2n) is 10.7. The number of carbonyl (C=O) groups excluding carboxylic acids is 1. The molecule has 1 amide bonds. The quantitative estimate of drug-likeness (QED) is 0.282. The Balaban J connectivity index is 1.39. The van der Waals surface area contributed by atoms with E-state index in [0.717, 1.165) is 36.4 Å². The molecule has 2 aliphatic heterocycles. The van der Waals surface area contributed by atoms with E-state index in [1.165, 1.54) is 19.3 Å². The lowest BCUT2D eigenvalue weighted by Gasteiger charge is -2.39. The number of nitrogens with two attached hydrogens (primary N) is 1. The maximum Gasteiger partial charge on any atom is 0.416 e. The van der Waals surface area contributed by atoms with Crippen molar-refractivity contribution in [1.82, 2.24) is 19.3 Å². The molecule has 3 atom stereocenters. The van der Waals surface area contributed by atoms with Gasteiger partial charge in [0, 0.05) is 44.0 Å². The topological polar surface area (TPSA) is 85.8 Å². The third kappa shape index (κ3) is 4.56. The molecular weight excluding hydrogens is 543 g/mol. The molecule has 0 aliphatic carbocycles. The fraction of sp³-hybridized carbons (Fsp3) is 0.281. The van der Waals surface area contributed by atoms with Crippen molar-refractivity contribution in [3.8, 4) is 11.3 Å². The van der Waals surface area contributed by atoms with Crippen molar-refractivity contribution < 1.29 is 22.7 Å². The van der Waals surface area contributed by atoms with Gasteiger partial charge in [-0.05, 0) is 36.1 Å². The molecule has 42 heavy (non-hydrogen) atoms. The summed E-state index contributed by atoms with van der Waals surface area (Å²) in [6.45, 7) is 4.46. The Kier molecular flexibility index (Phi) is 6.89. The first-order valence-corrected chi connectivity index (χ1v) is 13.7. The second kappa shape index (κ2) is 10.4. The van der Waals surface area contributed by atoms with E-state index in [1.54, 1.807) is 24.4 Å². The molecule has 0 spiro atoms. The van der Waals surface area contributed by atoms with Crippen LogP contribution in [0.25, 0.3) is 16.8 Å². The predicted octanol–water partition coefficient (Wildman–Crippen LogP) is 6.11. The molecule has 0 unspecified atom stereocenters. The summed E-state index contributed by atoms with van der Waals surface area (Å²) >= 11 is 0. The Morgan fingerprint density at radius 3 is 2.57 bits per heavy atom. The van der Waals surface area contributed by atoms with Gasteiger partial charge in [0.05, 0.1) is 11.6 Å². The average molecular weight is 574 g/mol. The maximum absolute atomic E-state index is 13.5. The number of amides is 1. The number of aromatic nitrogens is 3. The highest BCUT2D eigenvalue weighted by molar-refractivity contribution is 5.85. The minimum absolute atomic E-state index is 0.0156. The van der Waals surface area contributed by atoms with Crippen LogP contribution in [-0.4, -0.2) is 44.9 Å². The number of nitrogen functional groups attached to an aromatic ring is 1. The summed E-state index contributed by atoms with van der Waals surface area (Å²) in [5.74, 6) is 1.26. The van der Waals surface area contributed by atoms with E-state index < -0.39 is 17.3 Å². The number of ether oxygens (including phenoxy) is 1. The number of hydrogen-bond donors (Lipinski definition) is 1. The van der Waals surface area contributed by atoms with Crippen molar-refractivity contribution in [3.05, 3.63) is 108 Å². The number of nitrogens with zero attached hydrogens (tertiary/aromatic N) is 4. The Labute approximate surface area is 241 Å². The summed E-state index contributed by atoms with van der Waals surface area (Å²) in [5.41, 5.74) is 7.25. The molecule has 2 aliphatic rings. The monoisotopic (exact) mass is 573 g/mol. The molecule has 6 rings (SSSR count). The van der Waals surface area contributed by atoms with Crippen LogP contribution in [0, 0.1) is 0 Å². The van der Waals surface area contributed by atoms with Crippen LogP contribution < -0.4 is 5.73 Å². The first-order valence-electron chi connectivity index (χ1n) is 13.7. The van der Waals surface area contributed by atoms with Gasteiger partial charge >= 0.3 is 6.18 Å². The SMILES string of the molecule is C=C[C@](OC)(c1ccc(-c2nc([C@@H]3CC[C@H]4C=CCC(=O)N4C3)n3ccnc(N)c23)cc1)c1cccc(C(F)(F)F)c1. The number of piperidine rings is 1. The number of hydrogen-bond acceptors (Lipinski definition) is 5. The van der Waals surface area contributed by atoms with Gasteiger partial charge in [-0.1, -0.05) is 61.2 Å². The lowest BCUT2D eigenvalue weighted by molar-refractivity contribution is -0.137. The van der Waals surface area contributed by atoms with Crippen molar-refractivity contribution in [2.75, 3.05) is 19.4 Å². The number of fused-ring (bicyclic) bond motifs is 2. The third-order valence-electron chi connectivity index (χ3n) is 8.39. The number of anilines is 1. The number of alkyl halides is 3. The fourth-order valence-corrected chi connectivity index (χ4v) is 6.23. The molecular formula is C32H30F3N5O2. The molecule has 0 saturated carbocycles. The largest absolute Gasteiger partial charge is 0.416 e. The highest BCUT2D eigenvalue weighted by Gasteiger charge is 2.37. The normalized spacial score (nSPS) is 20.4. The Morgan fingerprint density at radius 2 is 1.86 bits per heavy atom. The van der Waals surface area contributed by atoms with Crippen molar-refractivity contribution >= 4 is 17.2 Å². The van der Waals surface area contributed by atoms with Crippen LogP contribution in [0.3, 0.4) is 0 Å². The number of benzene rings is 2. The van der Waals surface area contributed by atoms with Crippen LogP contribution in [-0.2, 0) is 21.3 Å². The fourth-order valence-electron chi connectivity index (χ4n) is 6.23. The van der Waals surface area contributed by atoms with Gasteiger partial charge < -0.3 is 15.4 Å². The summed E-state index contributed by atoms with van der Waals surface area (Å²) in [6, 6.07) is 12.5. The van der Waals surface area contributed by atoms with Gasteiger partial charge in [-0.15, -0.1) is 0 Å². The third-order valence-corrected chi connectivity index (χ3v) is 8.39. The lowest BCUT2D eigenvalue weighted by atomic mass is 9.84. The maximum atomic E-state index is 13.5. The summed E-state index contributed by atoms with van der Waals surface area (Å²) in [6.07, 6.45) is 6.65. The molecule has 0 bridgehead atoms. The van der Waals surface area contributed by atoms with Crippen LogP contribution in [0.1, 0.15) is 47.7 Å². The zero-order chi connectivity index (χ0) is 29.6. The molecule has 2 aromatic heterocycles. The molecule has 10 heteroatoms. The first-order chi connectivity index (χ1) is 20.2. The zero-order valence-corrected chi connectivity index (χ0v) is 23.0. The molecule has 7 nitrogen and oxygen atoms in total. The minimum Gasteiger partial charge on any atom is -0.382 e. The van der Waals surface area contributed by atoms with Crippen LogP contribution in [0.2, 0.25) is 0 Å². The lowest BCUT2D eigenvalue weighted by Crippen LogP contribution is -2.47. The predicted molar refractivity (Wildman–Crippen MR) is 153 cm³/mol. The van der Waals surface area contributed by atoms with E-state index in [0.29, 0.717) is 41.1 Å². The Bertz CT molecular complexity index is 1690. The first kappa shape index (κ1) is 27.7. The number of imidazole rings is 1. The van der Waals surface area contributed by atoms with Gasteiger partial charge in [0.1, 0.15) is 28.5 Å². The van der Waals surface area contributed by atoms with Gasteiger partial charge in [-0.25, -0.2) is 9.97 Å². The number of methoxy groups -OCH3 is 1. The van der Waals surface area contributed by atoms with Gasteiger partial charge in [0.25, 0.3) is 0 Å². The summed E-state index contributed by atoms with van der Waals surface area (Å²) in [7, 11) is 1.44. The van der Waals surface area contributed by atoms with E-state index >= 15 is 0 Å². The molecule has 216 valence electrons. The summed E-state index contributed by atoms with van der Waals surface area (Å²) in [4.78, 5) is 23.9. The Morgan fingerprint density at radius 1 is 1.10 bits per heavy atom. The van der Waals surface area contributed by atoms with Gasteiger partial charge in [-0.2, -0.15) is 13.2 Å². The summed E-state index contributed by atoms with van der Waals surface area (Å²) in [5, 5.41) is 0. The molecule has 2 aromatic carbocycles. The molecule has 2 N–H and O–H groups in total. The standard InChI is InChI=1S/C32H30F3N5O2/c1-3-31(42-2,23-6-4-7-24(18-23)32(33,34)35)22-13-10-20(11-14-22)27-28-29(36)37-16-17-39(28)30(38-27)21-12-15-25-8-5-9-26(41)40(25)19-21/h3-8,10-11,13-14,16-18,21,25H,1,9,12,15,19H2,2H3,(H2,36,37)/t21-,25-,31+/m1/s1. The zero-order valence-electron chi connectivity index (χ0n) is 23.0. The van der Waals surface area contributed by atoms with E-state index in [1.807, 2.05) is 33.7 Å². The number of halogens is 3. The highest BCUT2D eigenvalue weighted by Crippen LogP contribution is 2.40. The second-order valence-corrected chi connectivity index (χ2v) is 10.7. The molecule has 4 aromatic rings. The average Bonchev–Trinajstić information content (AvgIpc) is 3.39. The van der Waals surface area contributed by atoms with E-state index in [-0.39, 0.29) is 17.9 Å². The Hall–Kier alpha value is -4.44. The number of carbonyl (C=O) groups is 1. The van der Waals surface area contributed by atoms with Gasteiger partial charge in [-0.3, -0.25) is 9.20 Å². The summed E-state index contributed by atoms with van der Waals surface area (Å²) < 4.78 is 48.3. The van der Waals surface area contributed by atoms with Crippen molar-refractivity contribution in [2.45, 2.75) is 43.0 Å². The number of rotatable bonds is 6. The van der Waals surface area contributed by atoms with Crippen molar-refractivity contribution in [2.24, 2.45) is 0 Å². The molecule has 1 fully saturated rings. The van der Waals surface area contributed by atoms with Gasteiger partial charge in [0.2, 0.25) is 5.91 Å². The van der Waals surface area contributed by atoms with Crippen LogP contribution >= 0.6 is 0 Å². The van der Waals surface area contributed by atoms with Crippen LogP contribution in [0.4, 0.5) is 19.0 Å². The molecule has 1 saturated heterocycles.